The molecule has 0 bridgehead atoms. The van der Waals surface area contributed by atoms with Gasteiger partial charge in [0.25, 0.3) is 0 Å². The average Bonchev–Trinajstić information content (AvgIpc) is 3.05. The second kappa shape index (κ2) is 4.75. The van der Waals surface area contributed by atoms with E-state index in [1.54, 1.807) is 10.9 Å². The number of thiophene rings is 1. The van der Waals surface area contributed by atoms with Crippen molar-refractivity contribution in [2.24, 2.45) is 0 Å². The summed E-state index contributed by atoms with van der Waals surface area (Å²) in [6, 6.07) is 1.81. The number of hydrogen-bond acceptors (Lipinski definition) is 5. The van der Waals surface area contributed by atoms with E-state index in [-0.39, 0.29) is 5.82 Å². The molecule has 0 N–H and O–H groups in total. The van der Waals surface area contributed by atoms with E-state index < -0.39 is 0 Å². The molecule has 4 nitrogen and oxygen atoms in total. The van der Waals surface area contributed by atoms with E-state index in [2.05, 4.69) is 15.1 Å². The zero-order valence-electron chi connectivity index (χ0n) is 10.5. The van der Waals surface area contributed by atoms with Crippen molar-refractivity contribution >= 4 is 22.7 Å². The predicted molar refractivity (Wildman–Crippen MR) is 77.3 cm³/mol. The Hall–Kier alpha value is -1.60. The largest absolute Gasteiger partial charge is 0.241 e. The van der Waals surface area contributed by atoms with E-state index in [0.29, 0.717) is 22.6 Å². The van der Waals surface area contributed by atoms with Gasteiger partial charge in [-0.2, -0.15) is 0 Å². The van der Waals surface area contributed by atoms with Gasteiger partial charge >= 0.3 is 0 Å². The first-order valence-electron chi connectivity index (χ1n) is 6.41. The minimum absolute atomic E-state index is 0.229. The van der Waals surface area contributed by atoms with Crippen LogP contribution in [0.2, 0.25) is 0 Å². The van der Waals surface area contributed by atoms with Crippen LogP contribution in [-0.2, 0) is 0 Å². The van der Waals surface area contributed by atoms with Gasteiger partial charge in [0.15, 0.2) is 5.82 Å². The van der Waals surface area contributed by atoms with Gasteiger partial charge < -0.3 is 0 Å². The number of halogens is 1. The van der Waals surface area contributed by atoms with Crippen molar-refractivity contribution in [1.82, 2.24) is 19.7 Å². The Morgan fingerprint density at radius 3 is 2.85 bits per heavy atom. The number of thiazole rings is 1. The van der Waals surface area contributed by atoms with E-state index >= 15 is 0 Å². The molecule has 7 heteroatoms. The van der Waals surface area contributed by atoms with Crippen LogP contribution in [0.25, 0.3) is 22.2 Å². The number of rotatable bonds is 3. The van der Waals surface area contributed by atoms with Crippen molar-refractivity contribution in [2.45, 2.75) is 25.3 Å². The summed E-state index contributed by atoms with van der Waals surface area (Å²) in [5.41, 5.74) is 2.51. The molecule has 1 aliphatic carbocycles. The molecule has 1 saturated carbocycles. The molecule has 3 aromatic rings. The van der Waals surface area contributed by atoms with Crippen LogP contribution in [-0.4, -0.2) is 19.7 Å². The molecule has 0 aromatic carbocycles. The van der Waals surface area contributed by atoms with E-state index in [9.17, 15) is 4.39 Å². The summed E-state index contributed by atoms with van der Waals surface area (Å²) < 4.78 is 15.8. The van der Waals surface area contributed by atoms with Crippen LogP contribution in [0.15, 0.2) is 22.3 Å². The Bertz CT molecular complexity index is 727. The lowest BCUT2D eigenvalue weighted by Crippen LogP contribution is -2.19. The molecule has 0 atom stereocenters. The smallest absolute Gasteiger partial charge is 0.201 e. The minimum Gasteiger partial charge on any atom is -0.241 e. The standard InChI is InChI=1S/C13H11FN4S2/c14-9-4-5-20-11(9)13-16-12(10-6-19-7-15-10)17-18(13)8-2-1-3-8/h4-8H,1-3H2. The van der Waals surface area contributed by atoms with Gasteiger partial charge in [0, 0.05) is 5.38 Å². The van der Waals surface area contributed by atoms with Crippen molar-refractivity contribution in [3.63, 3.8) is 0 Å². The zero-order chi connectivity index (χ0) is 13.5. The van der Waals surface area contributed by atoms with Crippen molar-refractivity contribution in [1.29, 1.82) is 0 Å². The van der Waals surface area contributed by atoms with Crippen LogP contribution >= 0.6 is 22.7 Å². The fourth-order valence-electron chi connectivity index (χ4n) is 2.25. The lowest BCUT2D eigenvalue weighted by molar-refractivity contribution is 0.292. The first kappa shape index (κ1) is 12.2. The number of nitrogens with zero attached hydrogens (tertiary/aromatic N) is 4. The van der Waals surface area contributed by atoms with E-state index in [1.807, 2.05) is 10.1 Å². The summed E-state index contributed by atoms with van der Waals surface area (Å²) in [4.78, 5) is 9.32. The molecule has 0 radical (unpaired) electrons. The molecule has 102 valence electrons. The molecule has 3 aromatic heterocycles. The van der Waals surface area contributed by atoms with Gasteiger partial charge in [0.2, 0.25) is 5.82 Å². The van der Waals surface area contributed by atoms with Crippen molar-refractivity contribution in [3.8, 4) is 22.2 Å². The molecule has 4 rings (SSSR count). The highest BCUT2D eigenvalue weighted by molar-refractivity contribution is 7.13. The lowest BCUT2D eigenvalue weighted by Gasteiger charge is -2.26. The maximum Gasteiger partial charge on any atom is 0.201 e. The summed E-state index contributed by atoms with van der Waals surface area (Å²) in [7, 11) is 0. The summed E-state index contributed by atoms with van der Waals surface area (Å²) in [6.45, 7) is 0. The molecular formula is C13H11FN4S2. The number of hydrogen-bond donors (Lipinski definition) is 0. The van der Waals surface area contributed by atoms with Gasteiger partial charge in [-0.1, -0.05) is 0 Å². The highest BCUT2D eigenvalue weighted by Gasteiger charge is 2.27. The molecular weight excluding hydrogens is 295 g/mol. The van der Waals surface area contributed by atoms with Gasteiger partial charge in [-0.3, -0.25) is 0 Å². The van der Waals surface area contributed by atoms with Crippen LogP contribution in [0, 0.1) is 5.82 Å². The van der Waals surface area contributed by atoms with Gasteiger partial charge in [0.1, 0.15) is 16.4 Å². The van der Waals surface area contributed by atoms with Gasteiger partial charge in [-0.15, -0.1) is 27.8 Å². The van der Waals surface area contributed by atoms with Crippen molar-refractivity contribution in [2.75, 3.05) is 0 Å². The van der Waals surface area contributed by atoms with Crippen LogP contribution in [0.1, 0.15) is 25.3 Å². The average molecular weight is 306 g/mol. The highest BCUT2D eigenvalue weighted by Crippen LogP contribution is 2.37. The predicted octanol–water partition coefficient (Wildman–Crippen LogP) is 3.99. The van der Waals surface area contributed by atoms with Gasteiger partial charge in [-0.05, 0) is 30.7 Å². The maximum absolute atomic E-state index is 13.9. The normalized spacial score (nSPS) is 15.4. The van der Waals surface area contributed by atoms with Crippen LogP contribution in [0.5, 0.6) is 0 Å². The van der Waals surface area contributed by atoms with Crippen LogP contribution in [0.3, 0.4) is 0 Å². The van der Waals surface area contributed by atoms with E-state index in [4.69, 9.17) is 0 Å². The molecule has 3 heterocycles. The third-order valence-corrected chi connectivity index (χ3v) is 5.01. The molecule has 0 spiro atoms. The SMILES string of the molecule is Fc1ccsc1-c1nc(-c2cscn2)nn1C1CCC1. The Morgan fingerprint density at radius 2 is 2.25 bits per heavy atom. The molecule has 0 unspecified atom stereocenters. The monoisotopic (exact) mass is 306 g/mol. The fraction of sp³-hybridized carbons (Fsp3) is 0.308. The third-order valence-electron chi connectivity index (χ3n) is 3.53. The molecule has 0 amide bonds. The molecule has 0 saturated heterocycles. The zero-order valence-corrected chi connectivity index (χ0v) is 12.1. The van der Waals surface area contributed by atoms with Crippen LogP contribution in [0.4, 0.5) is 4.39 Å². The highest BCUT2D eigenvalue weighted by atomic mass is 32.1. The van der Waals surface area contributed by atoms with E-state index in [1.165, 1.54) is 35.2 Å². The quantitative estimate of drug-likeness (QED) is 0.734. The van der Waals surface area contributed by atoms with E-state index in [0.717, 1.165) is 18.5 Å². The molecule has 1 aliphatic rings. The first-order chi connectivity index (χ1) is 9.83. The van der Waals surface area contributed by atoms with Crippen molar-refractivity contribution < 1.29 is 4.39 Å². The maximum atomic E-state index is 13.9. The topological polar surface area (TPSA) is 43.6 Å². The second-order valence-corrected chi connectivity index (χ2v) is 6.39. The fourth-order valence-corrected chi connectivity index (χ4v) is 3.53. The summed E-state index contributed by atoms with van der Waals surface area (Å²) in [5, 5.41) is 8.22. The summed E-state index contributed by atoms with van der Waals surface area (Å²) >= 11 is 2.87. The third kappa shape index (κ3) is 1.89. The summed E-state index contributed by atoms with van der Waals surface area (Å²) in [6.07, 6.45) is 3.36. The first-order valence-corrected chi connectivity index (χ1v) is 8.23. The molecule has 0 aliphatic heterocycles. The molecule has 1 fully saturated rings. The van der Waals surface area contributed by atoms with Gasteiger partial charge in [-0.25, -0.2) is 19.0 Å². The number of aromatic nitrogens is 4. The van der Waals surface area contributed by atoms with Crippen LogP contribution < -0.4 is 0 Å². The Labute approximate surface area is 122 Å². The van der Waals surface area contributed by atoms with Gasteiger partial charge in [0.05, 0.1) is 11.6 Å². The molecule has 20 heavy (non-hydrogen) atoms. The summed E-state index contributed by atoms with van der Waals surface area (Å²) in [5.74, 6) is 0.985. The van der Waals surface area contributed by atoms with Crippen molar-refractivity contribution in [3.05, 3.63) is 28.2 Å². The Balaban J connectivity index is 1.85. The Kier molecular flexibility index (Phi) is 2.89. The lowest BCUT2D eigenvalue weighted by atomic mass is 9.93. The second-order valence-electron chi connectivity index (χ2n) is 4.76. The Morgan fingerprint density at radius 1 is 1.35 bits per heavy atom. The minimum atomic E-state index is -0.229.